The van der Waals surface area contributed by atoms with Gasteiger partial charge in [0, 0.05) is 42.8 Å². The standard InChI is InChI=1S/C27H41N7S/c1-23-5-18-35-24(23)19-32-15-6-27(7-16-32)8-17-33(22-27)13-3-2-4-14-34(20-25-28-9-10-29-25)21-26-30-11-12-31-26/h5,9-12,18H,2-4,6-8,13-17,19-22H2,1H3,(H,28,29)(H,30,31). The largest absolute Gasteiger partial charge is 0.348 e. The summed E-state index contributed by atoms with van der Waals surface area (Å²) in [7, 11) is 0. The number of nitrogens with zero attached hydrogens (tertiary/aromatic N) is 5. The molecule has 3 aromatic rings. The van der Waals surface area contributed by atoms with Crippen LogP contribution in [0, 0.1) is 12.3 Å². The van der Waals surface area contributed by atoms with E-state index in [1.165, 1.54) is 76.8 Å². The van der Waals surface area contributed by atoms with Crippen molar-refractivity contribution in [2.24, 2.45) is 5.41 Å². The zero-order valence-corrected chi connectivity index (χ0v) is 22.0. The quantitative estimate of drug-likeness (QED) is 0.358. The monoisotopic (exact) mass is 495 g/mol. The first-order chi connectivity index (χ1) is 17.2. The maximum Gasteiger partial charge on any atom is 0.120 e. The Hall–Kier alpha value is -2.00. The number of aromatic nitrogens is 4. The van der Waals surface area contributed by atoms with Crippen molar-refractivity contribution in [3.05, 3.63) is 58.3 Å². The number of thiophene rings is 1. The molecule has 2 N–H and O–H groups in total. The molecule has 5 rings (SSSR count). The fourth-order valence-corrected chi connectivity index (χ4v) is 6.78. The SMILES string of the molecule is Cc1ccsc1CN1CCC2(CC1)CCN(CCCCCN(Cc1ncc[nH]1)Cc1ncc[nH]1)C2. The average molecular weight is 496 g/mol. The molecule has 5 heterocycles. The molecule has 1 spiro atoms. The molecule has 0 aliphatic carbocycles. The lowest BCUT2D eigenvalue weighted by molar-refractivity contribution is 0.103. The zero-order chi connectivity index (χ0) is 23.9. The van der Waals surface area contributed by atoms with Crippen LogP contribution in [0.15, 0.2) is 36.2 Å². The number of aryl methyl sites for hydroxylation is 1. The van der Waals surface area contributed by atoms with E-state index in [9.17, 15) is 0 Å². The van der Waals surface area contributed by atoms with Gasteiger partial charge in [0.2, 0.25) is 0 Å². The molecular weight excluding hydrogens is 454 g/mol. The second-order valence-corrected chi connectivity index (χ2v) is 11.7. The lowest BCUT2D eigenvalue weighted by Crippen LogP contribution is -2.41. The third kappa shape index (κ3) is 6.82. The van der Waals surface area contributed by atoms with E-state index in [0.29, 0.717) is 5.41 Å². The molecule has 35 heavy (non-hydrogen) atoms. The summed E-state index contributed by atoms with van der Waals surface area (Å²) >= 11 is 1.92. The van der Waals surface area contributed by atoms with Crippen molar-refractivity contribution in [3.8, 4) is 0 Å². The minimum Gasteiger partial charge on any atom is -0.348 e. The first-order valence-corrected chi connectivity index (χ1v) is 14.2. The molecule has 2 aliphatic heterocycles. The molecule has 0 amide bonds. The number of imidazole rings is 2. The molecule has 0 aromatic carbocycles. The highest BCUT2D eigenvalue weighted by molar-refractivity contribution is 7.10. The Labute approximate surface area is 214 Å². The summed E-state index contributed by atoms with van der Waals surface area (Å²) < 4.78 is 0. The lowest BCUT2D eigenvalue weighted by Gasteiger charge is -2.39. The minimum absolute atomic E-state index is 0.587. The Kier molecular flexibility index (Phi) is 8.34. The van der Waals surface area contributed by atoms with Crippen molar-refractivity contribution in [2.75, 3.05) is 39.3 Å². The summed E-state index contributed by atoms with van der Waals surface area (Å²) in [5.74, 6) is 2.05. The number of hydrogen-bond donors (Lipinski definition) is 2. The first-order valence-electron chi connectivity index (χ1n) is 13.3. The Morgan fingerprint density at radius 1 is 0.943 bits per heavy atom. The predicted molar refractivity (Wildman–Crippen MR) is 142 cm³/mol. The molecule has 2 fully saturated rings. The molecular formula is C27H41N7S. The van der Waals surface area contributed by atoms with Crippen molar-refractivity contribution in [3.63, 3.8) is 0 Å². The van der Waals surface area contributed by atoms with E-state index in [-0.39, 0.29) is 0 Å². The Balaban J connectivity index is 0.995. The minimum atomic E-state index is 0.587. The Morgan fingerprint density at radius 3 is 2.23 bits per heavy atom. The highest BCUT2D eigenvalue weighted by Gasteiger charge is 2.40. The van der Waals surface area contributed by atoms with E-state index in [4.69, 9.17) is 0 Å². The summed E-state index contributed by atoms with van der Waals surface area (Å²) in [6.07, 6.45) is 15.4. The van der Waals surface area contributed by atoms with Crippen LogP contribution in [0.2, 0.25) is 0 Å². The number of H-pyrrole nitrogens is 2. The molecule has 0 radical (unpaired) electrons. The van der Waals surface area contributed by atoms with Crippen molar-refractivity contribution < 1.29 is 0 Å². The van der Waals surface area contributed by atoms with Crippen LogP contribution in [-0.4, -0.2) is 73.9 Å². The van der Waals surface area contributed by atoms with Gasteiger partial charge in [-0.15, -0.1) is 11.3 Å². The summed E-state index contributed by atoms with van der Waals surface area (Å²) in [6, 6.07) is 2.26. The van der Waals surface area contributed by atoms with E-state index in [2.05, 4.69) is 53.0 Å². The number of likely N-dealkylation sites (tertiary alicyclic amines) is 2. The van der Waals surface area contributed by atoms with Gasteiger partial charge in [-0.05, 0) is 94.2 Å². The number of piperidine rings is 1. The van der Waals surface area contributed by atoms with Crippen LogP contribution in [0.5, 0.6) is 0 Å². The molecule has 3 aromatic heterocycles. The summed E-state index contributed by atoms with van der Waals surface area (Å²) in [5, 5.41) is 2.24. The smallest absolute Gasteiger partial charge is 0.120 e. The summed E-state index contributed by atoms with van der Waals surface area (Å²) in [4.78, 5) is 24.7. The van der Waals surface area contributed by atoms with Crippen molar-refractivity contribution in [1.29, 1.82) is 0 Å². The van der Waals surface area contributed by atoms with Gasteiger partial charge in [0.1, 0.15) is 11.6 Å². The number of unbranched alkanes of at least 4 members (excludes halogenated alkanes) is 2. The molecule has 190 valence electrons. The topological polar surface area (TPSA) is 67.1 Å². The highest BCUT2D eigenvalue weighted by Crippen LogP contribution is 2.40. The van der Waals surface area contributed by atoms with E-state index in [1.54, 1.807) is 4.88 Å². The molecule has 0 saturated carbocycles. The van der Waals surface area contributed by atoms with Gasteiger partial charge in [0.05, 0.1) is 13.1 Å². The Morgan fingerprint density at radius 2 is 1.63 bits per heavy atom. The van der Waals surface area contributed by atoms with Gasteiger partial charge in [-0.2, -0.15) is 0 Å². The third-order valence-electron chi connectivity index (χ3n) is 8.07. The van der Waals surface area contributed by atoms with Crippen LogP contribution in [0.3, 0.4) is 0 Å². The van der Waals surface area contributed by atoms with Gasteiger partial charge >= 0.3 is 0 Å². The average Bonchev–Trinajstić information content (AvgIpc) is 3.67. The fraction of sp³-hybridized carbons (Fsp3) is 0.630. The fourth-order valence-electron chi connectivity index (χ4n) is 5.84. The van der Waals surface area contributed by atoms with Crippen LogP contribution in [-0.2, 0) is 19.6 Å². The molecule has 2 saturated heterocycles. The second-order valence-electron chi connectivity index (χ2n) is 10.7. The van der Waals surface area contributed by atoms with Crippen LogP contribution >= 0.6 is 11.3 Å². The van der Waals surface area contributed by atoms with Crippen LogP contribution in [0.4, 0.5) is 0 Å². The Bertz CT molecular complexity index is 953. The number of rotatable bonds is 12. The molecule has 2 aliphatic rings. The normalized spacial score (nSPS) is 18.8. The predicted octanol–water partition coefficient (Wildman–Crippen LogP) is 4.66. The lowest BCUT2D eigenvalue weighted by atomic mass is 9.78. The van der Waals surface area contributed by atoms with Crippen LogP contribution in [0.1, 0.15) is 60.6 Å². The van der Waals surface area contributed by atoms with Crippen LogP contribution in [0.25, 0.3) is 0 Å². The summed E-state index contributed by atoms with van der Waals surface area (Å²) in [5.41, 5.74) is 2.05. The first kappa shape index (κ1) is 24.7. The maximum atomic E-state index is 4.41. The molecule has 0 unspecified atom stereocenters. The van der Waals surface area contributed by atoms with E-state index < -0.39 is 0 Å². The van der Waals surface area contributed by atoms with Crippen molar-refractivity contribution >= 4 is 11.3 Å². The molecule has 0 bridgehead atoms. The second kappa shape index (κ2) is 11.8. The van der Waals surface area contributed by atoms with Crippen molar-refractivity contribution in [1.82, 2.24) is 34.6 Å². The highest BCUT2D eigenvalue weighted by atomic mass is 32.1. The maximum absolute atomic E-state index is 4.41. The summed E-state index contributed by atoms with van der Waals surface area (Å²) in [6.45, 7) is 12.6. The zero-order valence-electron chi connectivity index (χ0n) is 21.2. The van der Waals surface area contributed by atoms with Gasteiger partial charge < -0.3 is 14.9 Å². The third-order valence-corrected chi connectivity index (χ3v) is 9.08. The van der Waals surface area contributed by atoms with Crippen molar-refractivity contribution in [2.45, 2.75) is 65.1 Å². The molecule has 0 atom stereocenters. The van der Waals surface area contributed by atoms with Gasteiger partial charge in [0.15, 0.2) is 0 Å². The number of nitrogens with one attached hydrogen (secondary N) is 2. The molecule has 8 heteroatoms. The van der Waals surface area contributed by atoms with Gasteiger partial charge in [-0.25, -0.2) is 9.97 Å². The van der Waals surface area contributed by atoms with Gasteiger partial charge in [0.25, 0.3) is 0 Å². The van der Waals surface area contributed by atoms with Crippen LogP contribution < -0.4 is 0 Å². The number of hydrogen-bond acceptors (Lipinski definition) is 6. The molecule has 7 nitrogen and oxygen atoms in total. The van der Waals surface area contributed by atoms with E-state index in [0.717, 1.165) is 37.8 Å². The van der Waals surface area contributed by atoms with E-state index >= 15 is 0 Å². The van der Waals surface area contributed by atoms with E-state index in [1.807, 2.05) is 36.1 Å². The van der Waals surface area contributed by atoms with Gasteiger partial charge in [-0.1, -0.05) is 6.42 Å². The number of aromatic amines is 2. The van der Waals surface area contributed by atoms with Gasteiger partial charge in [-0.3, -0.25) is 9.80 Å².